The van der Waals surface area contributed by atoms with Crippen LogP contribution < -0.4 is 0 Å². The molecule has 0 aliphatic heterocycles. The second-order valence-corrected chi connectivity index (χ2v) is 4.54. The molecular weight excluding hydrogens is 186 g/mol. The van der Waals surface area contributed by atoms with E-state index in [1.54, 1.807) is 0 Å². The average molecular weight is 202 g/mol. The Morgan fingerprint density at radius 2 is 2.15 bits per heavy atom. The van der Waals surface area contributed by atoms with Gasteiger partial charge in [0.15, 0.2) is 5.89 Å². The summed E-state index contributed by atoms with van der Waals surface area (Å²) in [5.74, 6) is 2.40. The normalized spacial score (nSPS) is 12.0. The largest absolute Gasteiger partial charge is 0.445 e. The van der Waals surface area contributed by atoms with Crippen molar-refractivity contribution in [3.63, 3.8) is 0 Å². The van der Waals surface area contributed by atoms with Gasteiger partial charge in [-0.1, -0.05) is 20.8 Å². The molecule has 0 amide bonds. The van der Waals surface area contributed by atoms with Gasteiger partial charge in [-0.15, -0.1) is 11.6 Å². The number of aryl methyl sites for hydroxylation is 1. The van der Waals surface area contributed by atoms with E-state index in [1.807, 2.05) is 6.20 Å². The van der Waals surface area contributed by atoms with Crippen LogP contribution in [-0.4, -0.2) is 10.9 Å². The molecule has 0 aliphatic carbocycles. The Labute approximate surface area is 84.3 Å². The smallest absolute Gasteiger partial charge is 0.194 e. The second-order valence-electron chi connectivity index (χ2n) is 4.16. The second kappa shape index (κ2) is 4.14. The predicted molar refractivity (Wildman–Crippen MR) is 54.2 cm³/mol. The standard InChI is InChI=1S/C10H16ClNO/c1-10(2,3)8-7-12-9(13-8)5-4-6-11/h7H,4-6H2,1-3H3. The minimum Gasteiger partial charge on any atom is -0.445 e. The van der Waals surface area contributed by atoms with Crippen LogP contribution in [0.4, 0.5) is 0 Å². The topological polar surface area (TPSA) is 26.0 Å². The highest BCUT2D eigenvalue weighted by Gasteiger charge is 2.18. The lowest BCUT2D eigenvalue weighted by Crippen LogP contribution is -2.09. The number of rotatable bonds is 3. The third kappa shape index (κ3) is 3.03. The number of hydrogen-bond acceptors (Lipinski definition) is 2. The molecule has 0 radical (unpaired) electrons. The van der Waals surface area contributed by atoms with Crippen molar-refractivity contribution >= 4 is 11.6 Å². The van der Waals surface area contributed by atoms with Crippen LogP contribution in [-0.2, 0) is 11.8 Å². The monoisotopic (exact) mass is 201 g/mol. The summed E-state index contributed by atoms with van der Waals surface area (Å²) in [6.07, 6.45) is 3.56. The molecule has 1 rings (SSSR count). The fourth-order valence-electron chi connectivity index (χ4n) is 0.991. The molecule has 74 valence electrons. The predicted octanol–water partition coefficient (Wildman–Crippen LogP) is 3.14. The number of nitrogens with zero attached hydrogens (tertiary/aromatic N) is 1. The Hall–Kier alpha value is -0.500. The molecule has 13 heavy (non-hydrogen) atoms. The van der Waals surface area contributed by atoms with Gasteiger partial charge in [0.1, 0.15) is 5.76 Å². The first-order valence-corrected chi connectivity index (χ1v) is 5.08. The van der Waals surface area contributed by atoms with E-state index in [4.69, 9.17) is 16.0 Å². The van der Waals surface area contributed by atoms with E-state index in [0.717, 1.165) is 24.5 Å². The molecule has 2 nitrogen and oxygen atoms in total. The molecular formula is C10H16ClNO. The summed E-state index contributed by atoms with van der Waals surface area (Å²) in [5, 5.41) is 0. The third-order valence-electron chi connectivity index (χ3n) is 1.82. The van der Waals surface area contributed by atoms with Crippen LogP contribution in [0.5, 0.6) is 0 Å². The zero-order valence-corrected chi connectivity index (χ0v) is 9.19. The first-order chi connectivity index (χ1) is 6.04. The van der Waals surface area contributed by atoms with Crippen LogP contribution in [0.2, 0.25) is 0 Å². The number of halogens is 1. The molecule has 0 saturated heterocycles. The van der Waals surface area contributed by atoms with Crippen LogP contribution in [0, 0.1) is 0 Å². The third-order valence-corrected chi connectivity index (χ3v) is 2.08. The van der Waals surface area contributed by atoms with Crippen molar-refractivity contribution in [3.05, 3.63) is 17.8 Å². The van der Waals surface area contributed by atoms with Crippen molar-refractivity contribution in [2.75, 3.05) is 5.88 Å². The summed E-state index contributed by atoms with van der Waals surface area (Å²) >= 11 is 5.58. The zero-order valence-electron chi connectivity index (χ0n) is 8.43. The fraction of sp³-hybridized carbons (Fsp3) is 0.700. The van der Waals surface area contributed by atoms with Gasteiger partial charge in [-0.25, -0.2) is 4.98 Å². The quantitative estimate of drug-likeness (QED) is 0.703. The Morgan fingerprint density at radius 1 is 1.46 bits per heavy atom. The molecule has 0 spiro atoms. The van der Waals surface area contributed by atoms with E-state index in [-0.39, 0.29) is 5.41 Å². The maximum absolute atomic E-state index is 5.58. The Balaban J connectivity index is 2.64. The van der Waals surface area contributed by atoms with Crippen molar-refractivity contribution in [2.45, 2.75) is 39.0 Å². The molecule has 1 aromatic heterocycles. The molecule has 0 saturated carbocycles. The van der Waals surface area contributed by atoms with E-state index < -0.39 is 0 Å². The Morgan fingerprint density at radius 3 is 2.62 bits per heavy atom. The summed E-state index contributed by atoms with van der Waals surface area (Å²) in [7, 11) is 0. The molecule has 0 aromatic carbocycles. The first-order valence-electron chi connectivity index (χ1n) is 4.55. The zero-order chi connectivity index (χ0) is 9.90. The van der Waals surface area contributed by atoms with E-state index in [9.17, 15) is 0 Å². The first kappa shape index (κ1) is 10.6. The number of alkyl halides is 1. The van der Waals surface area contributed by atoms with E-state index in [1.165, 1.54) is 0 Å². The Bertz CT molecular complexity index is 262. The Kier molecular flexibility index (Phi) is 3.37. The molecule has 0 N–H and O–H groups in total. The maximum Gasteiger partial charge on any atom is 0.194 e. The van der Waals surface area contributed by atoms with Crippen LogP contribution in [0.1, 0.15) is 38.8 Å². The summed E-state index contributed by atoms with van der Waals surface area (Å²) < 4.78 is 5.58. The van der Waals surface area contributed by atoms with Crippen LogP contribution in [0.3, 0.4) is 0 Å². The van der Waals surface area contributed by atoms with E-state index >= 15 is 0 Å². The lowest BCUT2D eigenvalue weighted by Gasteiger charge is -2.12. The molecule has 0 atom stereocenters. The minimum absolute atomic E-state index is 0.0478. The number of aromatic nitrogens is 1. The van der Waals surface area contributed by atoms with Crippen LogP contribution in [0.25, 0.3) is 0 Å². The highest BCUT2D eigenvalue weighted by atomic mass is 35.5. The van der Waals surface area contributed by atoms with Gasteiger partial charge in [-0.2, -0.15) is 0 Å². The number of oxazole rings is 1. The van der Waals surface area contributed by atoms with Crippen molar-refractivity contribution < 1.29 is 4.42 Å². The van der Waals surface area contributed by atoms with Gasteiger partial charge >= 0.3 is 0 Å². The lowest BCUT2D eigenvalue weighted by molar-refractivity contribution is 0.381. The average Bonchev–Trinajstić information content (AvgIpc) is 2.47. The fourth-order valence-corrected chi connectivity index (χ4v) is 1.12. The lowest BCUT2D eigenvalue weighted by atomic mass is 9.94. The highest BCUT2D eigenvalue weighted by molar-refractivity contribution is 6.17. The van der Waals surface area contributed by atoms with Crippen LogP contribution >= 0.6 is 11.6 Å². The van der Waals surface area contributed by atoms with Gasteiger partial charge in [-0.05, 0) is 6.42 Å². The van der Waals surface area contributed by atoms with Gasteiger partial charge in [0, 0.05) is 17.7 Å². The summed E-state index contributed by atoms with van der Waals surface area (Å²) in [4.78, 5) is 4.19. The summed E-state index contributed by atoms with van der Waals surface area (Å²) in [6, 6.07) is 0. The molecule has 1 heterocycles. The molecule has 0 unspecified atom stereocenters. The van der Waals surface area contributed by atoms with Crippen molar-refractivity contribution in [1.29, 1.82) is 0 Å². The van der Waals surface area contributed by atoms with Crippen LogP contribution in [0.15, 0.2) is 10.6 Å². The van der Waals surface area contributed by atoms with Crippen molar-refractivity contribution in [3.8, 4) is 0 Å². The highest BCUT2D eigenvalue weighted by Crippen LogP contribution is 2.22. The summed E-state index contributed by atoms with van der Waals surface area (Å²) in [6.45, 7) is 6.33. The molecule has 0 bridgehead atoms. The molecule has 1 aromatic rings. The molecule has 0 fully saturated rings. The van der Waals surface area contributed by atoms with Gasteiger partial charge in [-0.3, -0.25) is 0 Å². The molecule has 3 heteroatoms. The van der Waals surface area contributed by atoms with E-state index in [2.05, 4.69) is 25.8 Å². The minimum atomic E-state index is 0.0478. The van der Waals surface area contributed by atoms with Gasteiger partial charge < -0.3 is 4.42 Å². The summed E-state index contributed by atoms with van der Waals surface area (Å²) in [5.41, 5.74) is 0.0478. The SMILES string of the molecule is CC(C)(C)c1cnc(CCCCl)o1. The maximum atomic E-state index is 5.58. The van der Waals surface area contributed by atoms with E-state index in [0.29, 0.717) is 5.88 Å². The van der Waals surface area contributed by atoms with Gasteiger partial charge in [0.25, 0.3) is 0 Å². The van der Waals surface area contributed by atoms with Gasteiger partial charge in [0.2, 0.25) is 0 Å². The number of hydrogen-bond donors (Lipinski definition) is 0. The molecule has 0 aliphatic rings. The van der Waals surface area contributed by atoms with Crippen molar-refractivity contribution in [2.24, 2.45) is 0 Å². The van der Waals surface area contributed by atoms with Crippen molar-refractivity contribution in [1.82, 2.24) is 4.98 Å². The van der Waals surface area contributed by atoms with Gasteiger partial charge in [0.05, 0.1) is 6.20 Å².